The molecule has 0 bridgehead atoms. The van der Waals surface area contributed by atoms with E-state index in [1.165, 1.54) is 6.42 Å². The number of nitrogens with zero attached hydrogens (tertiary/aromatic N) is 3. The van der Waals surface area contributed by atoms with Gasteiger partial charge in [0.15, 0.2) is 0 Å². The monoisotopic (exact) mass is 203 g/mol. The minimum Gasteiger partial charge on any atom is -0.354 e. The van der Waals surface area contributed by atoms with Crippen molar-refractivity contribution in [2.45, 2.75) is 6.42 Å². The maximum absolute atomic E-state index is 8.66. The highest BCUT2D eigenvalue weighted by Gasteiger charge is 2.14. The summed E-state index contributed by atoms with van der Waals surface area (Å²) in [6.07, 6.45) is 2.78. The third-order valence-corrected chi connectivity index (χ3v) is 2.48. The van der Waals surface area contributed by atoms with Crippen LogP contribution in [0.1, 0.15) is 12.1 Å². The fourth-order valence-corrected chi connectivity index (χ4v) is 1.63. The first kappa shape index (κ1) is 9.87. The van der Waals surface area contributed by atoms with Gasteiger partial charge < -0.3 is 10.6 Å². The largest absolute Gasteiger partial charge is 0.354 e. The lowest BCUT2D eigenvalue weighted by Crippen LogP contribution is -2.18. The van der Waals surface area contributed by atoms with Crippen molar-refractivity contribution in [2.75, 3.05) is 25.0 Å². The zero-order valence-corrected chi connectivity index (χ0v) is 8.40. The summed E-state index contributed by atoms with van der Waals surface area (Å²) in [5.74, 6) is 1.18. The van der Waals surface area contributed by atoms with Gasteiger partial charge in [0.2, 0.25) is 5.95 Å². The van der Waals surface area contributed by atoms with Crippen molar-refractivity contribution in [1.82, 2.24) is 15.3 Å². The molecular formula is C10H13N5. The summed E-state index contributed by atoms with van der Waals surface area (Å²) in [4.78, 5) is 8.10. The fourth-order valence-electron chi connectivity index (χ4n) is 1.63. The minimum absolute atomic E-state index is 0.400. The van der Waals surface area contributed by atoms with E-state index in [0.29, 0.717) is 17.6 Å². The molecule has 1 aliphatic heterocycles. The molecule has 5 nitrogen and oxygen atoms in total. The Morgan fingerprint density at radius 2 is 2.60 bits per heavy atom. The molecule has 1 atom stereocenters. The van der Waals surface area contributed by atoms with Crippen LogP contribution in [0.3, 0.4) is 0 Å². The molecule has 1 fully saturated rings. The van der Waals surface area contributed by atoms with Gasteiger partial charge in [-0.3, -0.25) is 0 Å². The van der Waals surface area contributed by atoms with Crippen molar-refractivity contribution in [2.24, 2.45) is 5.92 Å². The lowest BCUT2D eigenvalue weighted by Gasteiger charge is -2.09. The zero-order chi connectivity index (χ0) is 10.5. The van der Waals surface area contributed by atoms with Crippen LogP contribution in [0.5, 0.6) is 0 Å². The molecule has 2 rings (SSSR count). The van der Waals surface area contributed by atoms with Gasteiger partial charge in [-0.15, -0.1) is 0 Å². The van der Waals surface area contributed by atoms with E-state index in [9.17, 15) is 0 Å². The summed E-state index contributed by atoms with van der Waals surface area (Å²) >= 11 is 0. The highest BCUT2D eigenvalue weighted by Crippen LogP contribution is 2.08. The molecule has 1 unspecified atom stereocenters. The minimum atomic E-state index is 0.400. The van der Waals surface area contributed by atoms with E-state index in [-0.39, 0.29) is 0 Å². The number of hydrogen-bond donors (Lipinski definition) is 2. The van der Waals surface area contributed by atoms with E-state index in [0.717, 1.165) is 19.6 Å². The van der Waals surface area contributed by atoms with E-state index in [1.54, 1.807) is 12.3 Å². The van der Waals surface area contributed by atoms with Gasteiger partial charge in [0.05, 0.1) is 0 Å². The third-order valence-electron chi connectivity index (χ3n) is 2.48. The summed E-state index contributed by atoms with van der Waals surface area (Å²) in [6.45, 7) is 3.00. The number of anilines is 1. The molecule has 1 aromatic heterocycles. The molecule has 5 heteroatoms. The first-order chi connectivity index (χ1) is 7.38. The van der Waals surface area contributed by atoms with Crippen molar-refractivity contribution in [3.8, 4) is 6.07 Å². The Bertz CT molecular complexity index is 364. The van der Waals surface area contributed by atoms with E-state index in [1.807, 2.05) is 6.07 Å². The Morgan fingerprint density at radius 3 is 3.33 bits per heavy atom. The second kappa shape index (κ2) is 4.71. The van der Waals surface area contributed by atoms with Gasteiger partial charge >= 0.3 is 0 Å². The fraction of sp³-hybridized carbons (Fsp3) is 0.500. The predicted octanol–water partition coefficient (Wildman–Crippen LogP) is 0.370. The molecule has 0 aromatic carbocycles. The highest BCUT2D eigenvalue weighted by molar-refractivity contribution is 5.29. The maximum atomic E-state index is 8.66. The van der Waals surface area contributed by atoms with E-state index < -0.39 is 0 Å². The Balaban J connectivity index is 1.90. The van der Waals surface area contributed by atoms with Gasteiger partial charge in [0.25, 0.3) is 0 Å². The molecule has 2 heterocycles. The van der Waals surface area contributed by atoms with Gasteiger partial charge in [0, 0.05) is 12.7 Å². The summed E-state index contributed by atoms with van der Waals surface area (Å²) < 4.78 is 0. The molecular weight excluding hydrogens is 190 g/mol. The molecule has 2 N–H and O–H groups in total. The van der Waals surface area contributed by atoms with Crippen molar-refractivity contribution in [3.05, 3.63) is 18.0 Å². The van der Waals surface area contributed by atoms with Gasteiger partial charge in [-0.2, -0.15) is 5.26 Å². The predicted molar refractivity (Wildman–Crippen MR) is 56.2 cm³/mol. The van der Waals surface area contributed by atoms with Crippen LogP contribution < -0.4 is 10.6 Å². The summed E-state index contributed by atoms with van der Waals surface area (Å²) in [5.41, 5.74) is 0.400. The van der Waals surface area contributed by atoms with Crippen LogP contribution in [0.4, 0.5) is 5.95 Å². The van der Waals surface area contributed by atoms with Crippen molar-refractivity contribution in [3.63, 3.8) is 0 Å². The van der Waals surface area contributed by atoms with Gasteiger partial charge in [0.1, 0.15) is 11.8 Å². The number of nitriles is 1. The van der Waals surface area contributed by atoms with E-state index in [2.05, 4.69) is 20.6 Å². The summed E-state index contributed by atoms with van der Waals surface area (Å²) in [6, 6.07) is 3.59. The standard InChI is InChI=1S/C10H13N5/c11-5-9-2-4-13-10(15-9)14-7-8-1-3-12-6-8/h2,4,8,12H,1,3,6-7H2,(H,13,14,15). The second-order valence-corrected chi connectivity index (χ2v) is 3.62. The lowest BCUT2D eigenvalue weighted by molar-refractivity contribution is 0.613. The molecule has 0 spiro atoms. The van der Waals surface area contributed by atoms with Crippen molar-refractivity contribution < 1.29 is 0 Å². The Labute approximate surface area is 88.5 Å². The quantitative estimate of drug-likeness (QED) is 0.742. The highest BCUT2D eigenvalue weighted by atomic mass is 15.1. The molecule has 78 valence electrons. The maximum Gasteiger partial charge on any atom is 0.223 e. The van der Waals surface area contributed by atoms with Crippen LogP contribution in [0.25, 0.3) is 0 Å². The van der Waals surface area contributed by atoms with Gasteiger partial charge in [-0.05, 0) is 31.5 Å². The van der Waals surface area contributed by atoms with Crippen LogP contribution in [-0.4, -0.2) is 29.6 Å². The zero-order valence-electron chi connectivity index (χ0n) is 8.40. The van der Waals surface area contributed by atoms with Crippen LogP contribution in [0.15, 0.2) is 12.3 Å². The molecule has 0 amide bonds. The van der Waals surface area contributed by atoms with E-state index >= 15 is 0 Å². The Morgan fingerprint density at radius 1 is 1.67 bits per heavy atom. The van der Waals surface area contributed by atoms with Crippen LogP contribution in [0.2, 0.25) is 0 Å². The van der Waals surface area contributed by atoms with Crippen LogP contribution in [-0.2, 0) is 0 Å². The SMILES string of the molecule is N#Cc1ccnc(NCC2CCNC2)n1. The van der Waals surface area contributed by atoms with Gasteiger partial charge in [-0.25, -0.2) is 9.97 Å². The Hall–Kier alpha value is -1.67. The molecule has 1 aliphatic rings. The number of nitrogens with one attached hydrogen (secondary N) is 2. The smallest absolute Gasteiger partial charge is 0.223 e. The average Bonchev–Trinajstić information content (AvgIpc) is 2.79. The summed E-state index contributed by atoms with van der Waals surface area (Å²) in [5, 5.41) is 15.1. The molecule has 0 radical (unpaired) electrons. The van der Waals surface area contributed by atoms with Crippen LogP contribution in [0, 0.1) is 17.2 Å². The number of aromatic nitrogens is 2. The average molecular weight is 203 g/mol. The normalized spacial score (nSPS) is 19.8. The molecule has 0 aliphatic carbocycles. The Kier molecular flexibility index (Phi) is 3.10. The lowest BCUT2D eigenvalue weighted by atomic mass is 10.1. The molecule has 1 aromatic rings. The van der Waals surface area contributed by atoms with Crippen LogP contribution >= 0.6 is 0 Å². The molecule has 15 heavy (non-hydrogen) atoms. The summed E-state index contributed by atoms with van der Waals surface area (Å²) in [7, 11) is 0. The first-order valence-electron chi connectivity index (χ1n) is 5.06. The number of rotatable bonds is 3. The van der Waals surface area contributed by atoms with Crippen molar-refractivity contribution in [1.29, 1.82) is 5.26 Å². The molecule has 1 saturated heterocycles. The number of hydrogen-bond acceptors (Lipinski definition) is 5. The van der Waals surface area contributed by atoms with Gasteiger partial charge in [-0.1, -0.05) is 0 Å². The third kappa shape index (κ3) is 2.64. The van der Waals surface area contributed by atoms with Crippen molar-refractivity contribution >= 4 is 5.95 Å². The van der Waals surface area contributed by atoms with E-state index in [4.69, 9.17) is 5.26 Å². The topological polar surface area (TPSA) is 73.6 Å². The first-order valence-corrected chi connectivity index (χ1v) is 5.06. The molecule has 0 saturated carbocycles. The second-order valence-electron chi connectivity index (χ2n) is 3.62.